The predicted molar refractivity (Wildman–Crippen MR) is 79.4 cm³/mol. The molecular formula is C17H19NO. The van der Waals surface area contributed by atoms with Gasteiger partial charge in [-0.3, -0.25) is 4.79 Å². The van der Waals surface area contributed by atoms with Crippen LogP contribution in [0.15, 0.2) is 42.5 Å². The van der Waals surface area contributed by atoms with Crippen LogP contribution in [0.5, 0.6) is 0 Å². The molecule has 0 fully saturated rings. The van der Waals surface area contributed by atoms with Crippen molar-refractivity contribution in [2.45, 2.75) is 26.7 Å². The SMILES string of the molecule is Cc1ccc(C(=O)CCc2ccc(N)cc2)cc1C. The standard InChI is InChI=1S/C17H19NO/c1-12-3-7-15(11-13(12)2)17(19)10-6-14-4-8-16(18)9-5-14/h3-5,7-9,11H,6,10,18H2,1-2H3. The molecule has 0 atom stereocenters. The molecule has 2 aromatic carbocycles. The Morgan fingerprint density at radius 2 is 1.68 bits per heavy atom. The van der Waals surface area contributed by atoms with Crippen LogP contribution >= 0.6 is 0 Å². The second-order valence-corrected chi connectivity index (χ2v) is 4.96. The third kappa shape index (κ3) is 3.44. The summed E-state index contributed by atoms with van der Waals surface area (Å²) in [5.74, 6) is 0.194. The third-order valence-corrected chi connectivity index (χ3v) is 3.45. The second-order valence-electron chi connectivity index (χ2n) is 4.96. The van der Waals surface area contributed by atoms with Gasteiger partial charge in [0, 0.05) is 17.7 Å². The number of anilines is 1. The van der Waals surface area contributed by atoms with Gasteiger partial charge in [0.1, 0.15) is 0 Å². The summed E-state index contributed by atoms with van der Waals surface area (Å²) in [4.78, 5) is 12.1. The van der Waals surface area contributed by atoms with E-state index in [2.05, 4.69) is 6.92 Å². The fourth-order valence-corrected chi connectivity index (χ4v) is 2.00. The smallest absolute Gasteiger partial charge is 0.163 e. The van der Waals surface area contributed by atoms with E-state index in [9.17, 15) is 4.79 Å². The predicted octanol–water partition coefficient (Wildman–Crippen LogP) is 3.70. The van der Waals surface area contributed by atoms with Crippen molar-refractivity contribution in [3.8, 4) is 0 Å². The number of rotatable bonds is 4. The highest BCUT2D eigenvalue weighted by Gasteiger charge is 2.07. The average molecular weight is 253 g/mol. The lowest BCUT2D eigenvalue weighted by Gasteiger charge is -2.05. The number of nitrogens with two attached hydrogens (primary N) is 1. The van der Waals surface area contributed by atoms with Crippen LogP contribution in [-0.2, 0) is 6.42 Å². The Bertz CT molecular complexity index is 585. The van der Waals surface area contributed by atoms with E-state index in [1.807, 2.05) is 49.4 Å². The normalized spacial score (nSPS) is 10.4. The van der Waals surface area contributed by atoms with Crippen molar-refractivity contribution in [3.63, 3.8) is 0 Å². The van der Waals surface area contributed by atoms with E-state index in [-0.39, 0.29) is 5.78 Å². The Kier molecular flexibility index (Phi) is 4.00. The van der Waals surface area contributed by atoms with Gasteiger partial charge in [-0.25, -0.2) is 0 Å². The van der Waals surface area contributed by atoms with Crippen molar-refractivity contribution < 1.29 is 4.79 Å². The van der Waals surface area contributed by atoms with Gasteiger partial charge in [0.25, 0.3) is 0 Å². The van der Waals surface area contributed by atoms with Crippen molar-refractivity contribution >= 4 is 11.5 Å². The maximum absolute atomic E-state index is 12.1. The Balaban J connectivity index is 2.01. The molecule has 0 radical (unpaired) electrons. The maximum Gasteiger partial charge on any atom is 0.163 e. The largest absolute Gasteiger partial charge is 0.399 e. The van der Waals surface area contributed by atoms with Crippen LogP contribution in [0.1, 0.15) is 33.5 Å². The molecule has 2 heteroatoms. The summed E-state index contributed by atoms with van der Waals surface area (Å²) in [5, 5.41) is 0. The molecule has 0 unspecified atom stereocenters. The summed E-state index contributed by atoms with van der Waals surface area (Å²) in [6.07, 6.45) is 1.29. The Hall–Kier alpha value is -2.09. The molecule has 0 aliphatic carbocycles. The molecule has 0 saturated carbocycles. The van der Waals surface area contributed by atoms with Gasteiger partial charge < -0.3 is 5.73 Å². The summed E-state index contributed by atoms with van der Waals surface area (Å²) in [6, 6.07) is 13.6. The summed E-state index contributed by atoms with van der Waals surface area (Å²) in [6.45, 7) is 4.09. The first-order valence-electron chi connectivity index (χ1n) is 6.51. The van der Waals surface area contributed by atoms with Crippen LogP contribution in [0, 0.1) is 13.8 Å². The van der Waals surface area contributed by atoms with Crippen molar-refractivity contribution in [3.05, 3.63) is 64.7 Å². The van der Waals surface area contributed by atoms with E-state index in [4.69, 9.17) is 5.73 Å². The lowest BCUT2D eigenvalue weighted by atomic mass is 9.99. The fourth-order valence-electron chi connectivity index (χ4n) is 2.00. The second kappa shape index (κ2) is 5.70. The summed E-state index contributed by atoms with van der Waals surface area (Å²) < 4.78 is 0. The van der Waals surface area contributed by atoms with Gasteiger partial charge in [0.15, 0.2) is 5.78 Å². The highest BCUT2D eigenvalue weighted by Crippen LogP contribution is 2.14. The van der Waals surface area contributed by atoms with E-state index >= 15 is 0 Å². The first-order chi connectivity index (χ1) is 9.06. The molecule has 0 aromatic heterocycles. The van der Waals surface area contributed by atoms with Gasteiger partial charge in [0.05, 0.1) is 0 Å². The first-order valence-corrected chi connectivity index (χ1v) is 6.51. The van der Waals surface area contributed by atoms with Crippen LogP contribution in [-0.4, -0.2) is 5.78 Å². The molecule has 0 amide bonds. The van der Waals surface area contributed by atoms with Gasteiger partial charge in [-0.05, 0) is 55.2 Å². The fraction of sp³-hybridized carbons (Fsp3) is 0.235. The molecule has 98 valence electrons. The van der Waals surface area contributed by atoms with Gasteiger partial charge in [0.2, 0.25) is 0 Å². The molecule has 2 aromatic rings. The van der Waals surface area contributed by atoms with Crippen molar-refractivity contribution in [2.24, 2.45) is 0 Å². The number of carbonyl (C=O) groups is 1. The zero-order chi connectivity index (χ0) is 13.8. The number of benzene rings is 2. The first kappa shape index (κ1) is 13.3. The number of hydrogen-bond donors (Lipinski definition) is 1. The molecule has 0 aliphatic rings. The van der Waals surface area contributed by atoms with Crippen molar-refractivity contribution in [2.75, 3.05) is 5.73 Å². The molecule has 0 heterocycles. The quantitative estimate of drug-likeness (QED) is 0.667. The molecule has 2 rings (SSSR count). The summed E-state index contributed by atoms with van der Waals surface area (Å²) in [5.41, 5.74) is 10.7. The molecule has 0 aliphatic heterocycles. The number of aryl methyl sites for hydroxylation is 3. The highest BCUT2D eigenvalue weighted by molar-refractivity contribution is 5.96. The van der Waals surface area contributed by atoms with E-state index < -0.39 is 0 Å². The van der Waals surface area contributed by atoms with Crippen LogP contribution in [0.4, 0.5) is 5.69 Å². The minimum Gasteiger partial charge on any atom is -0.399 e. The molecular weight excluding hydrogens is 234 g/mol. The lowest BCUT2D eigenvalue weighted by Crippen LogP contribution is -2.02. The molecule has 0 bridgehead atoms. The molecule has 19 heavy (non-hydrogen) atoms. The monoisotopic (exact) mass is 253 g/mol. The third-order valence-electron chi connectivity index (χ3n) is 3.45. The summed E-state index contributed by atoms with van der Waals surface area (Å²) in [7, 11) is 0. The van der Waals surface area contributed by atoms with Gasteiger partial charge in [-0.2, -0.15) is 0 Å². The number of carbonyl (C=O) groups excluding carboxylic acids is 1. The van der Waals surface area contributed by atoms with E-state index in [0.717, 1.165) is 23.2 Å². The van der Waals surface area contributed by atoms with Crippen molar-refractivity contribution in [1.82, 2.24) is 0 Å². The Labute approximate surface area is 114 Å². The van der Waals surface area contributed by atoms with E-state index in [1.165, 1.54) is 11.1 Å². The Morgan fingerprint density at radius 3 is 2.32 bits per heavy atom. The topological polar surface area (TPSA) is 43.1 Å². The number of hydrogen-bond acceptors (Lipinski definition) is 2. The Morgan fingerprint density at radius 1 is 1.00 bits per heavy atom. The molecule has 2 N–H and O–H groups in total. The minimum atomic E-state index is 0.194. The van der Waals surface area contributed by atoms with Crippen LogP contribution in [0.3, 0.4) is 0 Å². The number of nitrogen functional groups attached to an aromatic ring is 1. The minimum absolute atomic E-state index is 0.194. The van der Waals surface area contributed by atoms with Gasteiger partial charge in [-0.1, -0.05) is 24.3 Å². The van der Waals surface area contributed by atoms with Crippen LogP contribution in [0.2, 0.25) is 0 Å². The van der Waals surface area contributed by atoms with E-state index in [0.29, 0.717) is 6.42 Å². The average Bonchev–Trinajstić information content (AvgIpc) is 2.41. The number of Topliss-reactive ketones (excluding diaryl/α,β-unsaturated/α-hetero) is 1. The van der Waals surface area contributed by atoms with E-state index in [1.54, 1.807) is 0 Å². The molecule has 2 nitrogen and oxygen atoms in total. The van der Waals surface area contributed by atoms with Crippen LogP contribution in [0.25, 0.3) is 0 Å². The summed E-state index contributed by atoms with van der Waals surface area (Å²) >= 11 is 0. The van der Waals surface area contributed by atoms with Gasteiger partial charge >= 0.3 is 0 Å². The molecule has 0 spiro atoms. The van der Waals surface area contributed by atoms with Crippen molar-refractivity contribution in [1.29, 1.82) is 0 Å². The number of ketones is 1. The van der Waals surface area contributed by atoms with Crippen LogP contribution < -0.4 is 5.73 Å². The zero-order valence-corrected chi connectivity index (χ0v) is 11.4. The lowest BCUT2D eigenvalue weighted by molar-refractivity contribution is 0.0983. The molecule has 0 saturated heterocycles. The zero-order valence-electron chi connectivity index (χ0n) is 11.4. The highest BCUT2D eigenvalue weighted by atomic mass is 16.1. The maximum atomic E-state index is 12.1. The van der Waals surface area contributed by atoms with Gasteiger partial charge in [-0.15, -0.1) is 0 Å².